The second-order valence-electron chi connectivity index (χ2n) is 6.02. The highest BCUT2D eigenvalue weighted by atomic mass is 32.1. The molecule has 1 aliphatic carbocycles. The Bertz CT molecular complexity index is 1110. The normalized spacial score (nSPS) is 14.2. The number of thiophene rings is 1. The van der Waals surface area contributed by atoms with Crippen LogP contribution in [0.4, 0.5) is 11.6 Å². The van der Waals surface area contributed by atoms with Crippen LogP contribution < -0.4 is 10.9 Å². The average molecular weight is 337 g/mol. The number of rotatable bonds is 2. The van der Waals surface area contributed by atoms with E-state index >= 15 is 0 Å². The fourth-order valence-corrected chi connectivity index (χ4v) is 4.79. The van der Waals surface area contributed by atoms with Crippen LogP contribution in [0.3, 0.4) is 0 Å². The number of hydrogen-bond acceptors (Lipinski definition) is 5. The molecule has 6 nitrogen and oxygen atoms in total. The second kappa shape index (κ2) is 5.17. The molecule has 7 heteroatoms. The Morgan fingerprint density at radius 1 is 1.12 bits per heavy atom. The van der Waals surface area contributed by atoms with Crippen molar-refractivity contribution >= 4 is 39.0 Å². The molecule has 0 saturated carbocycles. The summed E-state index contributed by atoms with van der Waals surface area (Å²) >= 11 is 1.70. The van der Waals surface area contributed by atoms with Crippen LogP contribution in [-0.4, -0.2) is 19.6 Å². The molecule has 3 aromatic heterocycles. The first kappa shape index (κ1) is 13.7. The summed E-state index contributed by atoms with van der Waals surface area (Å²) in [5, 5.41) is 12.5. The predicted octanol–water partition coefficient (Wildman–Crippen LogP) is 3.25. The van der Waals surface area contributed by atoms with Crippen molar-refractivity contribution in [3.8, 4) is 0 Å². The van der Waals surface area contributed by atoms with Gasteiger partial charge in [0.25, 0.3) is 5.56 Å². The van der Waals surface area contributed by atoms with E-state index in [2.05, 4.69) is 20.5 Å². The molecule has 3 heterocycles. The van der Waals surface area contributed by atoms with Gasteiger partial charge in [-0.2, -0.15) is 0 Å². The molecule has 0 atom stereocenters. The molecule has 5 rings (SSSR count). The maximum absolute atomic E-state index is 12.5. The molecule has 4 aromatic rings. The number of H-pyrrole nitrogens is 1. The Hall–Kier alpha value is -2.67. The number of fused-ring (bicyclic) bond motifs is 5. The van der Waals surface area contributed by atoms with Crippen LogP contribution in [0.5, 0.6) is 0 Å². The first-order valence-electron chi connectivity index (χ1n) is 8.05. The summed E-state index contributed by atoms with van der Waals surface area (Å²) in [6.45, 7) is 0. The van der Waals surface area contributed by atoms with E-state index in [-0.39, 0.29) is 5.56 Å². The number of anilines is 2. The number of hydrogen-bond donors (Lipinski definition) is 2. The van der Waals surface area contributed by atoms with Crippen LogP contribution in [0.15, 0.2) is 35.1 Å². The molecule has 1 aromatic carbocycles. The molecule has 0 amide bonds. The van der Waals surface area contributed by atoms with E-state index in [4.69, 9.17) is 0 Å². The van der Waals surface area contributed by atoms with E-state index < -0.39 is 0 Å². The Morgan fingerprint density at radius 2 is 1.96 bits per heavy atom. The van der Waals surface area contributed by atoms with Crippen molar-refractivity contribution in [1.82, 2.24) is 19.6 Å². The topological polar surface area (TPSA) is 75.1 Å². The van der Waals surface area contributed by atoms with Gasteiger partial charge in [-0.05, 0) is 43.4 Å². The standard InChI is InChI=1S/C17H15N5OS/c23-14-13-11-8-4-5-9-12(11)24-15(13)22-16(20-21-17(22)19-14)18-10-6-2-1-3-7-10/h1-3,6-7H,4-5,8-9H2,(H,18,20)(H,19,21,23). The van der Waals surface area contributed by atoms with Gasteiger partial charge in [0, 0.05) is 10.6 Å². The van der Waals surface area contributed by atoms with Gasteiger partial charge in [0.2, 0.25) is 11.7 Å². The lowest BCUT2D eigenvalue weighted by Gasteiger charge is -2.09. The molecule has 24 heavy (non-hydrogen) atoms. The van der Waals surface area contributed by atoms with E-state index in [1.807, 2.05) is 34.7 Å². The number of nitrogens with one attached hydrogen (secondary N) is 2. The van der Waals surface area contributed by atoms with E-state index in [0.717, 1.165) is 35.2 Å². The maximum Gasteiger partial charge on any atom is 0.261 e. The van der Waals surface area contributed by atoms with Gasteiger partial charge in [0.1, 0.15) is 4.83 Å². The van der Waals surface area contributed by atoms with Crippen molar-refractivity contribution in [3.63, 3.8) is 0 Å². The summed E-state index contributed by atoms with van der Waals surface area (Å²) in [6.07, 6.45) is 4.37. The molecule has 0 fully saturated rings. The number of aromatic nitrogens is 4. The zero-order chi connectivity index (χ0) is 16.1. The fraction of sp³-hybridized carbons (Fsp3) is 0.235. The van der Waals surface area contributed by atoms with Crippen LogP contribution in [0.1, 0.15) is 23.3 Å². The molecule has 0 spiro atoms. The first-order valence-corrected chi connectivity index (χ1v) is 8.86. The fourth-order valence-electron chi connectivity index (χ4n) is 3.40. The molecule has 0 saturated heterocycles. The Kier molecular flexibility index (Phi) is 2.96. The molecule has 0 bridgehead atoms. The molecular weight excluding hydrogens is 322 g/mol. The molecule has 120 valence electrons. The lowest BCUT2D eigenvalue weighted by atomic mass is 9.97. The van der Waals surface area contributed by atoms with Gasteiger partial charge in [0.05, 0.1) is 5.39 Å². The maximum atomic E-state index is 12.5. The van der Waals surface area contributed by atoms with Crippen LogP contribution in [0, 0.1) is 0 Å². The van der Waals surface area contributed by atoms with Crippen molar-refractivity contribution in [2.45, 2.75) is 25.7 Å². The van der Waals surface area contributed by atoms with Crippen molar-refractivity contribution in [1.29, 1.82) is 0 Å². The minimum atomic E-state index is -0.0597. The minimum absolute atomic E-state index is 0.0597. The zero-order valence-corrected chi connectivity index (χ0v) is 13.7. The highest BCUT2D eigenvalue weighted by Gasteiger charge is 2.22. The number of aromatic amines is 1. The smallest absolute Gasteiger partial charge is 0.261 e. The predicted molar refractivity (Wildman–Crippen MR) is 95.4 cm³/mol. The third-order valence-electron chi connectivity index (χ3n) is 4.50. The lowest BCUT2D eigenvalue weighted by Crippen LogP contribution is -2.11. The SMILES string of the molecule is O=c1[nH]c2nnc(Nc3ccccc3)n2c2sc3c(c12)CCCC3. The average Bonchev–Trinajstić information content (AvgIpc) is 3.17. The molecule has 0 radical (unpaired) electrons. The number of para-hydroxylation sites is 1. The van der Waals surface area contributed by atoms with Gasteiger partial charge in [-0.15, -0.1) is 21.5 Å². The highest BCUT2D eigenvalue weighted by molar-refractivity contribution is 7.19. The van der Waals surface area contributed by atoms with Crippen molar-refractivity contribution in [2.75, 3.05) is 5.32 Å². The van der Waals surface area contributed by atoms with Crippen molar-refractivity contribution in [3.05, 3.63) is 51.1 Å². The third-order valence-corrected chi connectivity index (χ3v) is 5.78. The van der Waals surface area contributed by atoms with Crippen LogP contribution in [0.2, 0.25) is 0 Å². The lowest BCUT2D eigenvalue weighted by molar-refractivity contribution is 0.700. The van der Waals surface area contributed by atoms with E-state index in [1.165, 1.54) is 16.9 Å². The van der Waals surface area contributed by atoms with Gasteiger partial charge < -0.3 is 5.32 Å². The molecule has 1 aliphatic rings. The van der Waals surface area contributed by atoms with Gasteiger partial charge in [-0.1, -0.05) is 18.2 Å². The summed E-state index contributed by atoms with van der Waals surface area (Å²) in [5.41, 5.74) is 2.09. The highest BCUT2D eigenvalue weighted by Crippen LogP contribution is 2.35. The quantitative estimate of drug-likeness (QED) is 0.589. The Morgan fingerprint density at radius 3 is 2.83 bits per heavy atom. The largest absolute Gasteiger partial charge is 0.324 e. The number of benzene rings is 1. The molecular formula is C17H15N5OS. The molecule has 0 aliphatic heterocycles. The summed E-state index contributed by atoms with van der Waals surface area (Å²) in [7, 11) is 0. The summed E-state index contributed by atoms with van der Waals surface area (Å²) < 4.78 is 1.92. The minimum Gasteiger partial charge on any atom is -0.324 e. The second-order valence-corrected chi connectivity index (χ2v) is 7.10. The summed E-state index contributed by atoms with van der Waals surface area (Å²) in [5.74, 6) is 1.10. The first-order chi connectivity index (χ1) is 11.8. The number of aryl methyl sites for hydroxylation is 2. The van der Waals surface area contributed by atoms with Crippen LogP contribution >= 0.6 is 11.3 Å². The van der Waals surface area contributed by atoms with Crippen molar-refractivity contribution < 1.29 is 0 Å². The molecule has 0 unspecified atom stereocenters. The van der Waals surface area contributed by atoms with Crippen LogP contribution in [0.25, 0.3) is 16.0 Å². The Labute approximate surface area is 141 Å². The van der Waals surface area contributed by atoms with E-state index in [0.29, 0.717) is 11.7 Å². The summed E-state index contributed by atoms with van der Waals surface area (Å²) in [4.78, 5) is 17.7. The van der Waals surface area contributed by atoms with Crippen LogP contribution in [-0.2, 0) is 12.8 Å². The third kappa shape index (κ3) is 1.98. The van der Waals surface area contributed by atoms with Gasteiger partial charge in [-0.25, -0.2) is 4.40 Å². The molecule has 2 N–H and O–H groups in total. The number of nitrogens with zero attached hydrogens (tertiary/aromatic N) is 3. The van der Waals surface area contributed by atoms with Gasteiger partial charge in [-0.3, -0.25) is 9.78 Å². The van der Waals surface area contributed by atoms with E-state index in [9.17, 15) is 4.79 Å². The monoisotopic (exact) mass is 337 g/mol. The summed E-state index contributed by atoms with van der Waals surface area (Å²) in [6, 6.07) is 9.85. The van der Waals surface area contributed by atoms with Gasteiger partial charge >= 0.3 is 0 Å². The Balaban J connectivity index is 1.78. The zero-order valence-electron chi connectivity index (χ0n) is 12.9. The van der Waals surface area contributed by atoms with Gasteiger partial charge in [0.15, 0.2) is 0 Å². The van der Waals surface area contributed by atoms with E-state index in [1.54, 1.807) is 11.3 Å². The van der Waals surface area contributed by atoms with Crippen molar-refractivity contribution in [2.24, 2.45) is 0 Å².